The minimum Gasteiger partial charge on any atom is -0.377 e. The Balaban J connectivity index is 1.64. The molecule has 19 heavy (non-hydrogen) atoms. The van der Waals surface area contributed by atoms with Crippen LogP contribution in [0.4, 0.5) is 0 Å². The van der Waals surface area contributed by atoms with E-state index in [1.54, 1.807) is 13.4 Å². The fourth-order valence-electron chi connectivity index (χ4n) is 2.18. The van der Waals surface area contributed by atoms with Crippen LogP contribution < -0.4 is 5.32 Å². The molecule has 2 aromatic rings. The average molecular weight is 258 g/mol. The molecule has 5 heteroatoms. The quantitative estimate of drug-likeness (QED) is 0.854. The Kier molecular flexibility index (Phi) is 3.31. The van der Waals surface area contributed by atoms with Gasteiger partial charge in [-0.1, -0.05) is 18.2 Å². The molecule has 5 nitrogen and oxygen atoms in total. The number of para-hydroxylation sites is 1. The van der Waals surface area contributed by atoms with Crippen molar-refractivity contribution in [3.63, 3.8) is 0 Å². The molecule has 0 aliphatic heterocycles. The Morgan fingerprint density at radius 1 is 1.32 bits per heavy atom. The largest absolute Gasteiger partial charge is 0.377 e. The number of rotatable bonds is 6. The Labute approximate surface area is 112 Å². The van der Waals surface area contributed by atoms with Gasteiger partial charge < -0.3 is 10.1 Å². The molecule has 0 unspecified atom stereocenters. The van der Waals surface area contributed by atoms with Gasteiger partial charge >= 0.3 is 0 Å². The highest BCUT2D eigenvalue weighted by atomic mass is 16.5. The molecule has 0 radical (unpaired) electrons. The van der Waals surface area contributed by atoms with Crippen molar-refractivity contribution >= 4 is 0 Å². The summed E-state index contributed by atoms with van der Waals surface area (Å²) in [4.78, 5) is 0. The van der Waals surface area contributed by atoms with Crippen LogP contribution in [0.25, 0.3) is 5.69 Å². The predicted molar refractivity (Wildman–Crippen MR) is 72.0 cm³/mol. The number of nitrogens with one attached hydrogen (secondary N) is 1. The van der Waals surface area contributed by atoms with E-state index >= 15 is 0 Å². The fourth-order valence-corrected chi connectivity index (χ4v) is 2.18. The molecule has 0 amide bonds. The lowest BCUT2D eigenvalue weighted by Gasteiger charge is -2.14. The van der Waals surface area contributed by atoms with Gasteiger partial charge in [0.2, 0.25) is 0 Å². The number of hydrogen-bond donors (Lipinski definition) is 1. The number of nitrogens with zero attached hydrogens (tertiary/aromatic N) is 3. The van der Waals surface area contributed by atoms with Gasteiger partial charge in [-0.15, -0.1) is 10.2 Å². The van der Waals surface area contributed by atoms with E-state index in [-0.39, 0.29) is 5.60 Å². The van der Waals surface area contributed by atoms with Crippen molar-refractivity contribution in [2.75, 3.05) is 13.7 Å². The van der Waals surface area contributed by atoms with Crippen molar-refractivity contribution in [3.8, 4) is 5.69 Å². The molecule has 1 N–H and O–H groups in total. The molecule has 1 aliphatic carbocycles. The van der Waals surface area contributed by atoms with E-state index in [1.165, 1.54) is 0 Å². The maximum absolute atomic E-state index is 5.48. The van der Waals surface area contributed by atoms with E-state index in [4.69, 9.17) is 4.74 Å². The predicted octanol–water partition coefficient (Wildman–Crippen LogP) is 1.54. The van der Waals surface area contributed by atoms with Gasteiger partial charge in [0, 0.05) is 19.3 Å². The van der Waals surface area contributed by atoms with Crippen molar-refractivity contribution in [1.29, 1.82) is 0 Å². The average Bonchev–Trinajstić information content (AvgIpc) is 3.09. The Morgan fingerprint density at radius 3 is 2.79 bits per heavy atom. The van der Waals surface area contributed by atoms with Crippen LogP contribution >= 0.6 is 0 Å². The lowest BCUT2D eigenvalue weighted by Crippen LogP contribution is -2.30. The Bertz CT molecular complexity index is 533. The fraction of sp³-hybridized carbons (Fsp3) is 0.429. The van der Waals surface area contributed by atoms with Crippen LogP contribution in [0, 0.1) is 0 Å². The first kappa shape index (κ1) is 12.3. The summed E-state index contributed by atoms with van der Waals surface area (Å²) in [7, 11) is 1.78. The zero-order chi connectivity index (χ0) is 13.1. The van der Waals surface area contributed by atoms with E-state index in [0.717, 1.165) is 30.9 Å². The van der Waals surface area contributed by atoms with Crippen LogP contribution in [0.15, 0.2) is 36.7 Å². The molecule has 1 aliphatic rings. The molecule has 1 saturated carbocycles. The molecule has 0 atom stereocenters. The molecule has 100 valence electrons. The molecule has 0 bridgehead atoms. The number of methoxy groups -OCH3 is 1. The number of ether oxygens (including phenoxy) is 1. The third-order valence-electron chi connectivity index (χ3n) is 3.62. The molecule has 1 heterocycles. The van der Waals surface area contributed by atoms with Crippen molar-refractivity contribution in [2.24, 2.45) is 0 Å². The molecule has 3 rings (SSSR count). The molecule has 1 fully saturated rings. The Hall–Kier alpha value is -1.72. The van der Waals surface area contributed by atoms with Crippen LogP contribution in [-0.4, -0.2) is 34.0 Å². The third kappa shape index (κ3) is 2.67. The molecule has 0 spiro atoms. The topological polar surface area (TPSA) is 52.0 Å². The first-order chi connectivity index (χ1) is 9.33. The zero-order valence-corrected chi connectivity index (χ0v) is 11.0. The van der Waals surface area contributed by atoms with Crippen LogP contribution in [0.2, 0.25) is 0 Å². The van der Waals surface area contributed by atoms with Gasteiger partial charge in [0.05, 0.1) is 12.1 Å². The van der Waals surface area contributed by atoms with Gasteiger partial charge in [0.25, 0.3) is 0 Å². The van der Waals surface area contributed by atoms with E-state index in [0.29, 0.717) is 6.54 Å². The zero-order valence-electron chi connectivity index (χ0n) is 11.0. The summed E-state index contributed by atoms with van der Waals surface area (Å²) in [6.45, 7) is 1.56. The van der Waals surface area contributed by atoms with Crippen molar-refractivity contribution < 1.29 is 4.74 Å². The molecule has 1 aromatic carbocycles. The first-order valence-electron chi connectivity index (χ1n) is 6.53. The molecule has 1 aromatic heterocycles. The van der Waals surface area contributed by atoms with E-state index in [9.17, 15) is 0 Å². The number of benzene rings is 1. The lowest BCUT2D eigenvalue weighted by atomic mass is 10.3. The summed E-state index contributed by atoms with van der Waals surface area (Å²) < 4.78 is 7.48. The van der Waals surface area contributed by atoms with Crippen molar-refractivity contribution in [1.82, 2.24) is 20.1 Å². The summed E-state index contributed by atoms with van der Waals surface area (Å²) in [5.41, 5.74) is 1.15. The second kappa shape index (κ2) is 5.11. The van der Waals surface area contributed by atoms with Crippen molar-refractivity contribution in [3.05, 3.63) is 42.5 Å². The normalized spacial score (nSPS) is 16.5. The minimum atomic E-state index is 0.0671. The maximum Gasteiger partial charge on any atom is 0.151 e. The molecular weight excluding hydrogens is 240 g/mol. The first-order valence-corrected chi connectivity index (χ1v) is 6.53. The van der Waals surface area contributed by atoms with Gasteiger partial charge in [0.1, 0.15) is 6.33 Å². The highest BCUT2D eigenvalue weighted by Gasteiger charge is 2.42. The second-order valence-corrected chi connectivity index (χ2v) is 4.94. The maximum atomic E-state index is 5.48. The third-order valence-corrected chi connectivity index (χ3v) is 3.62. The van der Waals surface area contributed by atoms with E-state index in [1.807, 2.05) is 34.9 Å². The lowest BCUT2D eigenvalue weighted by molar-refractivity contribution is 0.0794. The highest BCUT2D eigenvalue weighted by Crippen LogP contribution is 2.37. The van der Waals surface area contributed by atoms with Gasteiger partial charge in [-0.2, -0.15) is 0 Å². The summed E-state index contributed by atoms with van der Waals surface area (Å²) in [6, 6.07) is 10.1. The highest BCUT2D eigenvalue weighted by molar-refractivity contribution is 5.31. The smallest absolute Gasteiger partial charge is 0.151 e. The molecular formula is C14H18N4O. The summed E-state index contributed by atoms with van der Waals surface area (Å²) >= 11 is 0. The monoisotopic (exact) mass is 258 g/mol. The van der Waals surface area contributed by atoms with Gasteiger partial charge in [0.15, 0.2) is 5.82 Å². The summed E-state index contributed by atoms with van der Waals surface area (Å²) in [5, 5.41) is 11.6. The summed E-state index contributed by atoms with van der Waals surface area (Å²) in [5.74, 6) is 0.915. The van der Waals surface area contributed by atoms with Crippen LogP contribution in [-0.2, 0) is 11.3 Å². The van der Waals surface area contributed by atoms with Crippen LogP contribution in [0.3, 0.4) is 0 Å². The second-order valence-electron chi connectivity index (χ2n) is 4.94. The number of aromatic nitrogens is 3. The minimum absolute atomic E-state index is 0.0671. The van der Waals surface area contributed by atoms with Gasteiger partial charge in [-0.3, -0.25) is 4.57 Å². The SMILES string of the molecule is COC1(CNCc2nncn2-c2ccccc2)CC1. The standard InChI is InChI=1S/C14H18N4O/c1-19-14(7-8-14)10-15-9-13-17-16-11-18(13)12-5-3-2-4-6-12/h2-6,11,15H,7-10H2,1H3. The van der Waals surface area contributed by atoms with E-state index in [2.05, 4.69) is 15.5 Å². The molecule has 0 saturated heterocycles. The van der Waals surface area contributed by atoms with Crippen molar-refractivity contribution in [2.45, 2.75) is 25.0 Å². The van der Waals surface area contributed by atoms with Crippen LogP contribution in [0.5, 0.6) is 0 Å². The van der Waals surface area contributed by atoms with Crippen LogP contribution in [0.1, 0.15) is 18.7 Å². The Morgan fingerprint density at radius 2 is 2.11 bits per heavy atom. The summed E-state index contributed by atoms with van der Waals surface area (Å²) in [6.07, 6.45) is 4.03. The number of hydrogen-bond acceptors (Lipinski definition) is 4. The van der Waals surface area contributed by atoms with Gasteiger partial charge in [-0.05, 0) is 25.0 Å². The van der Waals surface area contributed by atoms with Gasteiger partial charge in [-0.25, -0.2) is 0 Å². The van der Waals surface area contributed by atoms with E-state index < -0.39 is 0 Å².